The van der Waals surface area contributed by atoms with E-state index < -0.39 is 0 Å². The summed E-state index contributed by atoms with van der Waals surface area (Å²) in [6, 6.07) is 6.43. The summed E-state index contributed by atoms with van der Waals surface area (Å²) in [5.74, 6) is 1.75. The lowest BCUT2D eigenvalue weighted by Gasteiger charge is -2.18. The third-order valence-electron chi connectivity index (χ3n) is 4.01. The Morgan fingerprint density at radius 3 is 2.71 bits per heavy atom. The van der Waals surface area contributed by atoms with Gasteiger partial charge in [-0.05, 0) is 50.9 Å². The number of rotatable bonds is 8. The van der Waals surface area contributed by atoms with Crippen LogP contribution in [0.1, 0.15) is 37.8 Å². The molecule has 0 radical (unpaired) electrons. The number of nitrogens with zero attached hydrogens (tertiary/aromatic N) is 1. The fourth-order valence-corrected chi connectivity index (χ4v) is 2.84. The molecule has 0 bridgehead atoms. The number of aryl methyl sites for hydroxylation is 1. The van der Waals surface area contributed by atoms with Crippen LogP contribution in [-0.2, 0) is 6.54 Å². The molecule has 1 saturated heterocycles. The van der Waals surface area contributed by atoms with Gasteiger partial charge in [0.05, 0.1) is 0 Å². The third-order valence-corrected chi connectivity index (χ3v) is 4.01. The van der Waals surface area contributed by atoms with Crippen molar-refractivity contribution in [3.63, 3.8) is 0 Å². The first-order valence-corrected chi connectivity index (χ1v) is 8.31. The Morgan fingerprint density at radius 2 is 2.00 bits per heavy atom. The van der Waals surface area contributed by atoms with Gasteiger partial charge < -0.3 is 10.1 Å². The molecule has 0 spiro atoms. The summed E-state index contributed by atoms with van der Waals surface area (Å²) >= 11 is 0. The van der Waals surface area contributed by atoms with Crippen LogP contribution in [0.5, 0.6) is 5.75 Å². The zero-order chi connectivity index (χ0) is 15.1. The van der Waals surface area contributed by atoms with Crippen LogP contribution in [0.3, 0.4) is 0 Å². The highest BCUT2D eigenvalue weighted by Gasteiger charge is 2.12. The van der Waals surface area contributed by atoms with Gasteiger partial charge in [-0.1, -0.05) is 32.0 Å². The number of likely N-dealkylation sites (tertiary alicyclic amines) is 1. The summed E-state index contributed by atoms with van der Waals surface area (Å²) in [6.07, 6.45) is 2.68. The molecule has 1 N–H and O–H groups in total. The fourth-order valence-electron chi connectivity index (χ4n) is 2.84. The normalized spacial score (nSPS) is 15.8. The molecule has 0 unspecified atom stereocenters. The first kappa shape index (κ1) is 16.3. The van der Waals surface area contributed by atoms with E-state index in [-0.39, 0.29) is 0 Å². The maximum atomic E-state index is 6.11. The second kappa shape index (κ2) is 8.40. The van der Waals surface area contributed by atoms with E-state index in [1.807, 2.05) is 0 Å². The molecule has 0 amide bonds. The summed E-state index contributed by atoms with van der Waals surface area (Å²) in [7, 11) is 0. The minimum absolute atomic E-state index is 0.675. The monoisotopic (exact) mass is 290 g/mol. The lowest BCUT2D eigenvalue weighted by atomic mass is 10.1. The zero-order valence-corrected chi connectivity index (χ0v) is 13.8. The maximum Gasteiger partial charge on any atom is 0.126 e. The van der Waals surface area contributed by atoms with Crippen molar-refractivity contribution in [1.29, 1.82) is 0 Å². The van der Waals surface area contributed by atoms with Crippen molar-refractivity contribution in [3.05, 3.63) is 29.3 Å². The number of hydrogen-bond donors (Lipinski definition) is 1. The van der Waals surface area contributed by atoms with E-state index in [0.717, 1.165) is 32.0 Å². The van der Waals surface area contributed by atoms with E-state index in [0.29, 0.717) is 5.92 Å². The molecule has 1 aliphatic heterocycles. The molecule has 1 fully saturated rings. The van der Waals surface area contributed by atoms with Crippen molar-refractivity contribution >= 4 is 0 Å². The smallest absolute Gasteiger partial charge is 0.126 e. The van der Waals surface area contributed by atoms with Crippen molar-refractivity contribution in [3.8, 4) is 5.75 Å². The summed E-state index contributed by atoms with van der Waals surface area (Å²) in [4.78, 5) is 2.49. The Kier molecular flexibility index (Phi) is 6.52. The van der Waals surface area contributed by atoms with E-state index in [2.05, 4.69) is 49.2 Å². The molecule has 118 valence electrons. The van der Waals surface area contributed by atoms with Crippen LogP contribution in [0.15, 0.2) is 18.2 Å². The molecule has 1 aromatic rings. The number of ether oxygens (including phenoxy) is 1. The molecule has 0 aliphatic carbocycles. The van der Waals surface area contributed by atoms with Crippen LogP contribution in [-0.4, -0.2) is 37.7 Å². The lowest BCUT2D eigenvalue weighted by Crippen LogP contribution is -2.25. The van der Waals surface area contributed by atoms with Gasteiger partial charge in [0.2, 0.25) is 0 Å². The van der Waals surface area contributed by atoms with Gasteiger partial charge in [-0.15, -0.1) is 0 Å². The summed E-state index contributed by atoms with van der Waals surface area (Å²) in [6.45, 7) is 12.8. The molecule has 2 rings (SSSR count). The predicted octanol–water partition coefficient (Wildman–Crippen LogP) is 3.22. The SMILES string of the molecule is Cc1cccc(CNCC(C)C)c1OCCN1CCCC1. The highest BCUT2D eigenvalue weighted by atomic mass is 16.5. The molecule has 0 aromatic heterocycles. The number of nitrogens with one attached hydrogen (secondary N) is 1. The zero-order valence-electron chi connectivity index (χ0n) is 13.8. The van der Waals surface area contributed by atoms with Gasteiger partial charge >= 0.3 is 0 Å². The number of hydrogen-bond acceptors (Lipinski definition) is 3. The van der Waals surface area contributed by atoms with Gasteiger partial charge in [0.25, 0.3) is 0 Å². The highest BCUT2D eigenvalue weighted by Crippen LogP contribution is 2.23. The van der Waals surface area contributed by atoms with E-state index in [4.69, 9.17) is 4.74 Å². The molecule has 1 aromatic carbocycles. The molecule has 1 heterocycles. The van der Waals surface area contributed by atoms with Crippen LogP contribution in [0, 0.1) is 12.8 Å². The van der Waals surface area contributed by atoms with E-state index in [1.165, 1.54) is 37.1 Å². The first-order valence-electron chi connectivity index (χ1n) is 8.31. The largest absolute Gasteiger partial charge is 0.492 e. The highest BCUT2D eigenvalue weighted by molar-refractivity contribution is 5.40. The number of para-hydroxylation sites is 1. The predicted molar refractivity (Wildman–Crippen MR) is 88.9 cm³/mol. The molecule has 21 heavy (non-hydrogen) atoms. The quantitative estimate of drug-likeness (QED) is 0.795. The second-order valence-corrected chi connectivity index (χ2v) is 6.49. The van der Waals surface area contributed by atoms with Crippen LogP contribution in [0.4, 0.5) is 0 Å². The topological polar surface area (TPSA) is 24.5 Å². The summed E-state index contributed by atoms with van der Waals surface area (Å²) in [5.41, 5.74) is 2.51. The Morgan fingerprint density at radius 1 is 1.24 bits per heavy atom. The molecule has 1 aliphatic rings. The second-order valence-electron chi connectivity index (χ2n) is 6.49. The minimum Gasteiger partial charge on any atom is -0.492 e. The average Bonchev–Trinajstić information content (AvgIpc) is 2.94. The van der Waals surface area contributed by atoms with Crippen molar-refractivity contribution in [2.45, 2.75) is 40.2 Å². The van der Waals surface area contributed by atoms with Crippen LogP contribution < -0.4 is 10.1 Å². The van der Waals surface area contributed by atoms with Crippen molar-refractivity contribution < 1.29 is 4.74 Å². The van der Waals surface area contributed by atoms with Crippen molar-refractivity contribution in [1.82, 2.24) is 10.2 Å². The van der Waals surface area contributed by atoms with Crippen molar-refractivity contribution in [2.24, 2.45) is 5.92 Å². The summed E-state index contributed by atoms with van der Waals surface area (Å²) < 4.78 is 6.11. The first-order chi connectivity index (χ1) is 10.2. The molecule has 3 heteroatoms. The Hall–Kier alpha value is -1.06. The third kappa shape index (κ3) is 5.33. The molecule has 0 atom stereocenters. The van der Waals surface area contributed by atoms with Gasteiger partial charge in [-0.3, -0.25) is 4.90 Å². The van der Waals surface area contributed by atoms with Crippen LogP contribution >= 0.6 is 0 Å². The fraction of sp³-hybridized carbons (Fsp3) is 0.667. The minimum atomic E-state index is 0.675. The van der Waals surface area contributed by atoms with Crippen LogP contribution in [0.2, 0.25) is 0 Å². The average molecular weight is 290 g/mol. The standard InChI is InChI=1S/C18H30N2O/c1-15(2)13-19-14-17-8-6-7-16(3)18(17)21-12-11-20-9-4-5-10-20/h6-8,15,19H,4-5,9-14H2,1-3H3. The van der Waals surface area contributed by atoms with E-state index >= 15 is 0 Å². The van der Waals surface area contributed by atoms with E-state index in [9.17, 15) is 0 Å². The molecule has 0 saturated carbocycles. The van der Waals surface area contributed by atoms with Gasteiger partial charge in [0.1, 0.15) is 12.4 Å². The molecular formula is C18H30N2O. The van der Waals surface area contributed by atoms with Gasteiger partial charge in [0.15, 0.2) is 0 Å². The molecular weight excluding hydrogens is 260 g/mol. The van der Waals surface area contributed by atoms with Crippen molar-refractivity contribution in [2.75, 3.05) is 32.8 Å². The number of benzene rings is 1. The van der Waals surface area contributed by atoms with E-state index in [1.54, 1.807) is 0 Å². The van der Waals surface area contributed by atoms with Gasteiger partial charge in [0, 0.05) is 18.7 Å². The maximum absolute atomic E-state index is 6.11. The van der Waals surface area contributed by atoms with Gasteiger partial charge in [-0.2, -0.15) is 0 Å². The van der Waals surface area contributed by atoms with Gasteiger partial charge in [-0.25, -0.2) is 0 Å². The summed E-state index contributed by atoms with van der Waals surface area (Å²) in [5, 5.41) is 3.51. The Balaban J connectivity index is 1.86. The van der Waals surface area contributed by atoms with Crippen LogP contribution in [0.25, 0.3) is 0 Å². The molecule has 3 nitrogen and oxygen atoms in total. The Labute approximate surface area is 129 Å². The Bertz CT molecular complexity index is 425. The lowest BCUT2D eigenvalue weighted by molar-refractivity contribution is 0.235.